The molecule has 16 heavy (non-hydrogen) atoms. The lowest BCUT2D eigenvalue weighted by atomic mass is 9.88. The van der Waals surface area contributed by atoms with Crippen LogP contribution in [-0.4, -0.2) is 11.9 Å². The number of ketones is 1. The van der Waals surface area contributed by atoms with Crippen molar-refractivity contribution in [1.82, 2.24) is 0 Å². The lowest BCUT2D eigenvalue weighted by molar-refractivity contribution is -0.132. The molecule has 0 aliphatic carbocycles. The molecule has 0 heterocycles. The van der Waals surface area contributed by atoms with E-state index in [0.717, 1.165) is 0 Å². The zero-order valence-electron chi connectivity index (χ0n) is 10.1. The van der Waals surface area contributed by atoms with Gasteiger partial charge in [0.25, 0.3) is 0 Å². The normalized spacial score (nSPS) is 13.3. The molecule has 0 fully saturated rings. The smallest absolute Gasteiger partial charge is 0.178 e. The van der Waals surface area contributed by atoms with E-state index in [9.17, 15) is 4.79 Å². The van der Waals surface area contributed by atoms with Crippen molar-refractivity contribution in [3.63, 3.8) is 0 Å². The van der Waals surface area contributed by atoms with Crippen molar-refractivity contribution in [2.24, 2.45) is 5.41 Å². The van der Waals surface area contributed by atoms with Crippen LogP contribution in [-0.2, 0) is 4.79 Å². The van der Waals surface area contributed by atoms with Crippen LogP contribution < -0.4 is 4.74 Å². The van der Waals surface area contributed by atoms with Gasteiger partial charge in [-0.2, -0.15) is 0 Å². The van der Waals surface area contributed by atoms with Gasteiger partial charge in [0.1, 0.15) is 5.75 Å². The third-order valence-electron chi connectivity index (χ3n) is 2.23. The van der Waals surface area contributed by atoms with Gasteiger partial charge in [-0.15, -0.1) is 0 Å². The van der Waals surface area contributed by atoms with Crippen molar-refractivity contribution in [1.29, 1.82) is 0 Å². The highest BCUT2D eigenvalue weighted by molar-refractivity contribution is 6.30. The predicted octanol–water partition coefficient (Wildman–Crippen LogP) is 3.72. The van der Waals surface area contributed by atoms with Gasteiger partial charge in [-0.05, 0) is 31.2 Å². The van der Waals surface area contributed by atoms with Gasteiger partial charge in [-0.3, -0.25) is 4.79 Å². The summed E-state index contributed by atoms with van der Waals surface area (Å²) in [4.78, 5) is 11.9. The van der Waals surface area contributed by atoms with E-state index in [-0.39, 0.29) is 11.2 Å². The maximum Gasteiger partial charge on any atom is 0.178 e. The monoisotopic (exact) mass is 240 g/mol. The predicted molar refractivity (Wildman–Crippen MR) is 66.0 cm³/mol. The highest BCUT2D eigenvalue weighted by Gasteiger charge is 2.27. The second-order valence-electron chi connectivity index (χ2n) is 4.83. The number of hydrogen-bond acceptors (Lipinski definition) is 2. The average Bonchev–Trinajstić information content (AvgIpc) is 2.19. The number of hydrogen-bond donors (Lipinski definition) is 0. The Labute approximate surface area is 102 Å². The lowest BCUT2D eigenvalue weighted by Gasteiger charge is -2.22. The minimum absolute atomic E-state index is 0.0856. The van der Waals surface area contributed by atoms with Crippen molar-refractivity contribution in [2.75, 3.05) is 0 Å². The van der Waals surface area contributed by atoms with Crippen LogP contribution in [0, 0.1) is 5.41 Å². The molecule has 1 atom stereocenters. The molecular weight excluding hydrogens is 224 g/mol. The maximum absolute atomic E-state index is 11.9. The van der Waals surface area contributed by atoms with E-state index in [1.807, 2.05) is 20.8 Å². The molecule has 0 aliphatic heterocycles. The Hall–Kier alpha value is -1.02. The maximum atomic E-state index is 11.9. The second kappa shape index (κ2) is 4.88. The number of benzene rings is 1. The van der Waals surface area contributed by atoms with Gasteiger partial charge in [0.05, 0.1) is 0 Å². The van der Waals surface area contributed by atoms with Crippen LogP contribution in [0.3, 0.4) is 0 Å². The Morgan fingerprint density at radius 1 is 1.25 bits per heavy atom. The summed E-state index contributed by atoms with van der Waals surface area (Å²) in [6.07, 6.45) is -0.443. The summed E-state index contributed by atoms with van der Waals surface area (Å²) in [6, 6.07) is 7.00. The number of Topliss-reactive ketones (excluding diaryl/α,β-unsaturated/α-hetero) is 1. The Bertz CT molecular complexity index is 363. The van der Waals surface area contributed by atoms with Gasteiger partial charge >= 0.3 is 0 Å². The average molecular weight is 241 g/mol. The topological polar surface area (TPSA) is 26.3 Å². The van der Waals surface area contributed by atoms with E-state index < -0.39 is 6.10 Å². The van der Waals surface area contributed by atoms with Crippen LogP contribution in [0.25, 0.3) is 0 Å². The molecule has 0 aromatic heterocycles. The molecule has 0 aliphatic rings. The van der Waals surface area contributed by atoms with E-state index in [0.29, 0.717) is 10.8 Å². The Kier molecular flexibility index (Phi) is 3.98. The van der Waals surface area contributed by atoms with Gasteiger partial charge < -0.3 is 4.74 Å². The zero-order valence-corrected chi connectivity index (χ0v) is 10.8. The number of rotatable bonds is 3. The molecule has 0 amide bonds. The first-order valence-corrected chi connectivity index (χ1v) is 5.65. The fraction of sp³-hybridized carbons (Fsp3) is 0.462. The third kappa shape index (κ3) is 3.53. The van der Waals surface area contributed by atoms with Crippen molar-refractivity contribution in [2.45, 2.75) is 33.8 Å². The fourth-order valence-corrected chi connectivity index (χ4v) is 1.51. The van der Waals surface area contributed by atoms with Gasteiger partial charge in [-0.1, -0.05) is 32.4 Å². The van der Waals surface area contributed by atoms with Crippen LogP contribution in [0.1, 0.15) is 27.7 Å². The first-order valence-electron chi connectivity index (χ1n) is 5.27. The fourth-order valence-electron chi connectivity index (χ4n) is 1.38. The number of carbonyl (C=O) groups is 1. The molecule has 1 aromatic rings. The summed E-state index contributed by atoms with van der Waals surface area (Å²) in [5, 5.41) is 0.655. The number of ether oxygens (including phenoxy) is 1. The third-order valence-corrected chi connectivity index (χ3v) is 2.49. The lowest BCUT2D eigenvalue weighted by Crippen LogP contribution is -2.34. The van der Waals surface area contributed by atoms with Crippen molar-refractivity contribution < 1.29 is 9.53 Å². The highest BCUT2D eigenvalue weighted by atomic mass is 35.5. The van der Waals surface area contributed by atoms with Gasteiger partial charge in [-0.25, -0.2) is 0 Å². The molecule has 3 heteroatoms. The molecule has 1 aromatic carbocycles. The molecular formula is C13H17ClO2. The molecule has 0 saturated carbocycles. The van der Waals surface area contributed by atoms with Gasteiger partial charge in [0.2, 0.25) is 0 Å². The minimum atomic E-state index is -0.443. The highest BCUT2D eigenvalue weighted by Crippen LogP contribution is 2.21. The van der Waals surface area contributed by atoms with E-state index in [1.54, 1.807) is 31.2 Å². The molecule has 1 unspecified atom stereocenters. The van der Waals surface area contributed by atoms with Gasteiger partial charge in [0.15, 0.2) is 11.9 Å². The summed E-state index contributed by atoms with van der Waals surface area (Å²) in [7, 11) is 0. The van der Waals surface area contributed by atoms with Crippen LogP contribution in [0.2, 0.25) is 5.02 Å². The Morgan fingerprint density at radius 3 is 2.19 bits per heavy atom. The molecule has 2 nitrogen and oxygen atoms in total. The molecule has 0 radical (unpaired) electrons. The Balaban J connectivity index is 2.68. The van der Waals surface area contributed by atoms with Crippen molar-refractivity contribution >= 4 is 17.4 Å². The molecule has 0 spiro atoms. The van der Waals surface area contributed by atoms with Crippen LogP contribution in [0.5, 0.6) is 5.75 Å². The number of carbonyl (C=O) groups excluding carboxylic acids is 1. The van der Waals surface area contributed by atoms with E-state index >= 15 is 0 Å². The first kappa shape index (κ1) is 13.0. The van der Waals surface area contributed by atoms with Crippen molar-refractivity contribution in [3.05, 3.63) is 29.3 Å². The molecule has 88 valence electrons. The SMILES string of the molecule is CC(Oc1ccc(Cl)cc1)C(=O)C(C)(C)C. The standard InChI is InChI=1S/C13H17ClO2/c1-9(12(15)13(2,3)4)16-11-7-5-10(14)6-8-11/h5-9H,1-4H3. The second-order valence-corrected chi connectivity index (χ2v) is 5.26. The van der Waals surface area contributed by atoms with Crippen LogP contribution in [0.4, 0.5) is 0 Å². The Morgan fingerprint density at radius 2 is 1.75 bits per heavy atom. The van der Waals surface area contributed by atoms with E-state index in [1.165, 1.54) is 0 Å². The van der Waals surface area contributed by atoms with Crippen molar-refractivity contribution in [3.8, 4) is 5.75 Å². The van der Waals surface area contributed by atoms with Crippen LogP contribution >= 0.6 is 11.6 Å². The van der Waals surface area contributed by atoms with E-state index in [2.05, 4.69) is 0 Å². The largest absolute Gasteiger partial charge is 0.483 e. The number of halogens is 1. The first-order chi connectivity index (χ1) is 7.30. The summed E-state index contributed by atoms with van der Waals surface area (Å²) in [6.45, 7) is 7.42. The molecule has 0 N–H and O–H groups in total. The molecule has 0 bridgehead atoms. The van der Waals surface area contributed by atoms with Crippen LogP contribution in [0.15, 0.2) is 24.3 Å². The summed E-state index contributed by atoms with van der Waals surface area (Å²) in [5.74, 6) is 0.747. The molecule has 0 saturated heterocycles. The summed E-state index contributed by atoms with van der Waals surface area (Å²) >= 11 is 5.76. The zero-order chi connectivity index (χ0) is 12.3. The minimum Gasteiger partial charge on any atom is -0.483 e. The molecule has 1 rings (SSSR count). The quantitative estimate of drug-likeness (QED) is 0.805. The summed E-state index contributed by atoms with van der Waals surface area (Å²) in [5.41, 5.74) is -0.383. The van der Waals surface area contributed by atoms with Gasteiger partial charge in [0, 0.05) is 10.4 Å². The van der Waals surface area contributed by atoms with E-state index in [4.69, 9.17) is 16.3 Å². The summed E-state index contributed by atoms with van der Waals surface area (Å²) < 4.78 is 5.55.